The van der Waals surface area contributed by atoms with E-state index in [9.17, 15) is 0 Å². The molecule has 0 aliphatic carbocycles. The highest BCUT2D eigenvalue weighted by Gasteiger charge is 2.24. The quantitative estimate of drug-likeness (QED) is 0.526. The van der Waals surface area contributed by atoms with Gasteiger partial charge < -0.3 is 10.2 Å². The highest BCUT2D eigenvalue weighted by atomic mass is 35.5. The molecule has 0 aromatic carbocycles. The van der Waals surface area contributed by atoms with Crippen molar-refractivity contribution in [3.63, 3.8) is 0 Å². The molecule has 62 valence electrons. The first-order valence-corrected chi connectivity index (χ1v) is 3.28. The van der Waals surface area contributed by atoms with Gasteiger partial charge in [0.05, 0.1) is 6.10 Å². The van der Waals surface area contributed by atoms with Crippen molar-refractivity contribution in [2.24, 2.45) is 0 Å². The Balaban J connectivity index is 0.000000810. The molecular formula is C6H14ClNO2. The Morgan fingerprint density at radius 3 is 2.40 bits per heavy atom. The molecule has 2 unspecified atom stereocenters. The highest BCUT2D eigenvalue weighted by molar-refractivity contribution is 5.85. The Hall–Kier alpha value is 0.170. The van der Waals surface area contributed by atoms with Crippen molar-refractivity contribution in [1.29, 1.82) is 0 Å². The second kappa shape index (κ2) is 4.13. The molecule has 0 aromatic heterocycles. The van der Waals surface area contributed by atoms with Crippen LogP contribution < -0.4 is 0 Å². The zero-order valence-electron chi connectivity index (χ0n) is 6.03. The zero-order valence-corrected chi connectivity index (χ0v) is 6.84. The van der Waals surface area contributed by atoms with Crippen LogP contribution in [0.5, 0.6) is 0 Å². The summed E-state index contributed by atoms with van der Waals surface area (Å²) in [5.41, 5.74) is 0. The molecule has 1 fully saturated rings. The van der Waals surface area contributed by atoms with Gasteiger partial charge in [0.1, 0.15) is 6.23 Å². The topological polar surface area (TPSA) is 43.7 Å². The van der Waals surface area contributed by atoms with E-state index >= 15 is 0 Å². The van der Waals surface area contributed by atoms with Gasteiger partial charge in [-0.2, -0.15) is 0 Å². The normalized spacial score (nSPS) is 35.1. The van der Waals surface area contributed by atoms with Crippen LogP contribution in [-0.2, 0) is 0 Å². The number of likely N-dealkylation sites (N-methyl/N-ethyl adjacent to an activating group) is 1. The summed E-state index contributed by atoms with van der Waals surface area (Å²) in [5, 5.41) is 18.2. The van der Waals surface area contributed by atoms with Crippen molar-refractivity contribution >= 4 is 12.4 Å². The predicted molar refractivity (Wildman–Crippen MR) is 41.1 cm³/mol. The number of aliphatic hydroxyl groups excluding tert-OH is 2. The van der Waals surface area contributed by atoms with E-state index in [1.54, 1.807) is 4.90 Å². The van der Waals surface area contributed by atoms with Crippen LogP contribution >= 0.6 is 12.4 Å². The summed E-state index contributed by atoms with van der Waals surface area (Å²) < 4.78 is 0. The van der Waals surface area contributed by atoms with Crippen LogP contribution in [0, 0.1) is 0 Å². The number of halogens is 1. The fraction of sp³-hybridized carbons (Fsp3) is 1.00. The second-order valence-corrected chi connectivity index (χ2v) is 2.60. The highest BCUT2D eigenvalue weighted by Crippen LogP contribution is 2.12. The van der Waals surface area contributed by atoms with Crippen LogP contribution in [0.2, 0.25) is 0 Å². The molecule has 1 aliphatic rings. The van der Waals surface area contributed by atoms with E-state index in [1.807, 2.05) is 7.05 Å². The van der Waals surface area contributed by atoms with Gasteiger partial charge >= 0.3 is 0 Å². The number of aliphatic hydroxyl groups is 2. The summed E-state index contributed by atoms with van der Waals surface area (Å²) in [6.45, 7) is 0.887. The summed E-state index contributed by atoms with van der Waals surface area (Å²) in [7, 11) is 1.81. The van der Waals surface area contributed by atoms with Crippen LogP contribution in [0.15, 0.2) is 0 Å². The van der Waals surface area contributed by atoms with Crippen LogP contribution in [0.1, 0.15) is 12.8 Å². The zero-order chi connectivity index (χ0) is 6.85. The van der Waals surface area contributed by atoms with Crippen LogP contribution in [0.3, 0.4) is 0 Å². The standard InChI is InChI=1S/C6H13NO2.ClH/c1-7-4-2-3-5(8)6(7)9;/h5-6,8-9H,2-4H2,1H3;1H. The van der Waals surface area contributed by atoms with E-state index in [1.165, 1.54) is 0 Å². The van der Waals surface area contributed by atoms with E-state index in [2.05, 4.69) is 0 Å². The van der Waals surface area contributed by atoms with E-state index in [0.717, 1.165) is 19.4 Å². The number of rotatable bonds is 0. The molecular weight excluding hydrogens is 154 g/mol. The van der Waals surface area contributed by atoms with E-state index < -0.39 is 12.3 Å². The molecule has 1 rings (SSSR count). The van der Waals surface area contributed by atoms with Crippen molar-refractivity contribution in [3.05, 3.63) is 0 Å². The summed E-state index contributed by atoms with van der Waals surface area (Å²) >= 11 is 0. The van der Waals surface area contributed by atoms with Gasteiger partial charge in [-0.25, -0.2) is 0 Å². The number of likely N-dealkylation sites (tertiary alicyclic amines) is 1. The average molecular weight is 168 g/mol. The summed E-state index contributed by atoms with van der Waals surface area (Å²) in [6, 6.07) is 0. The van der Waals surface area contributed by atoms with Gasteiger partial charge in [-0.15, -0.1) is 12.4 Å². The molecule has 0 amide bonds. The molecule has 3 nitrogen and oxygen atoms in total. The third-order valence-corrected chi connectivity index (χ3v) is 1.81. The Kier molecular flexibility index (Phi) is 4.20. The molecule has 2 atom stereocenters. The number of hydrogen-bond acceptors (Lipinski definition) is 3. The molecule has 10 heavy (non-hydrogen) atoms. The van der Waals surface area contributed by atoms with Crippen LogP contribution in [0.4, 0.5) is 0 Å². The van der Waals surface area contributed by atoms with Crippen LogP contribution in [-0.4, -0.2) is 41.0 Å². The minimum absolute atomic E-state index is 0. The van der Waals surface area contributed by atoms with Gasteiger partial charge in [0.25, 0.3) is 0 Å². The predicted octanol–water partition coefficient (Wildman–Crippen LogP) is -0.187. The molecule has 0 saturated carbocycles. The van der Waals surface area contributed by atoms with Crippen molar-refractivity contribution in [2.45, 2.75) is 25.2 Å². The Morgan fingerprint density at radius 1 is 1.40 bits per heavy atom. The lowest BCUT2D eigenvalue weighted by Crippen LogP contribution is -2.45. The third-order valence-electron chi connectivity index (χ3n) is 1.81. The lowest BCUT2D eigenvalue weighted by Gasteiger charge is -2.32. The Labute approximate surface area is 67.1 Å². The van der Waals surface area contributed by atoms with Crippen molar-refractivity contribution in [2.75, 3.05) is 13.6 Å². The fourth-order valence-electron chi connectivity index (χ4n) is 1.12. The van der Waals surface area contributed by atoms with Gasteiger partial charge in [0.2, 0.25) is 0 Å². The summed E-state index contributed by atoms with van der Waals surface area (Å²) in [4.78, 5) is 1.76. The minimum Gasteiger partial charge on any atom is -0.389 e. The maximum atomic E-state index is 9.12. The van der Waals surface area contributed by atoms with Gasteiger partial charge in [-0.05, 0) is 19.9 Å². The Morgan fingerprint density at radius 2 is 2.00 bits per heavy atom. The fourth-order valence-corrected chi connectivity index (χ4v) is 1.12. The van der Waals surface area contributed by atoms with Crippen molar-refractivity contribution in [1.82, 2.24) is 4.90 Å². The maximum absolute atomic E-state index is 9.12. The smallest absolute Gasteiger partial charge is 0.133 e. The maximum Gasteiger partial charge on any atom is 0.133 e. The molecule has 0 aromatic rings. The lowest BCUT2D eigenvalue weighted by molar-refractivity contribution is -0.0960. The van der Waals surface area contributed by atoms with Gasteiger partial charge in [0, 0.05) is 6.54 Å². The van der Waals surface area contributed by atoms with Gasteiger partial charge in [-0.3, -0.25) is 4.90 Å². The summed E-state index contributed by atoms with van der Waals surface area (Å²) in [6.07, 6.45) is 0.530. The third kappa shape index (κ3) is 2.09. The minimum atomic E-state index is -0.640. The van der Waals surface area contributed by atoms with Crippen molar-refractivity contribution in [3.8, 4) is 0 Å². The first-order valence-electron chi connectivity index (χ1n) is 3.28. The second-order valence-electron chi connectivity index (χ2n) is 2.60. The van der Waals surface area contributed by atoms with E-state index in [-0.39, 0.29) is 12.4 Å². The molecule has 1 saturated heterocycles. The van der Waals surface area contributed by atoms with E-state index in [0.29, 0.717) is 0 Å². The molecule has 0 bridgehead atoms. The first-order chi connectivity index (χ1) is 4.22. The largest absolute Gasteiger partial charge is 0.389 e. The molecule has 4 heteroatoms. The van der Waals surface area contributed by atoms with Gasteiger partial charge in [0.15, 0.2) is 0 Å². The van der Waals surface area contributed by atoms with Crippen LogP contribution in [0.25, 0.3) is 0 Å². The molecule has 0 spiro atoms. The molecule has 0 radical (unpaired) electrons. The molecule has 2 N–H and O–H groups in total. The van der Waals surface area contributed by atoms with E-state index in [4.69, 9.17) is 10.2 Å². The monoisotopic (exact) mass is 167 g/mol. The molecule has 1 heterocycles. The lowest BCUT2D eigenvalue weighted by atomic mass is 10.1. The Bertz CT molecular complexity index is 91.7. The summed E-state index contributed by atoms with van der Waals surface area (Å²) in [5.74, 6) is 0. The average Bonchev–Trinajstić information content (AvgIpc) is 1.83. The number of piperidine rings is 1. The molecule has 1 aliphatic heterocycles. The first kappa shape index (κ1) is 10.2. The SMILES string of the molecule is CN1CCCC(O)C1O.Cl. The number of nitrogens with zero attached hydrogens (tertiary/aromatic N) is 1. The number of hydrogen-bond donors (Lipinski definition) is 2. The van der Waals surface area contributed by atoms with Gasteiger partial charge in [-0.1, -0.05) is 0 Å². The van der Waals surface area contributed by atoms with Crippen molar-refractivity contribution < 1.29 is 10.2 Å².